The molecule has 0 saturated carbocycles. The number of halogens is 2. The molecule has 1 amide bonds. The molecule has 0 aliphatic carbocycles. The minimum atomic E-state index is -0.291. The summed E-state index contributed by atoms with van der Waals surface area (Å²) in [6, 6.07) is 6.53. The molecule has 20 heavy (non-hydrogen) atoms. The summed E-state index contributed by atoms with van der Waals surface area (Å²) in [4.78, 5) is 12.6. The number of amides is 1. The third kappa shape index (κ3) is 3.75. The molecule has 6 heteroatoms. The molecular weight excluding hydrogens is 317 g/mol. The lowest BCUT2D eigenvalue weighted by Gasteiger charge is -2.05. The number of hydrogen-bond donors (Lipinski definition) is 2. The molecule has 2 rings (SSSR count). The molecule has 1 aromatic carbocycles. The van der Waals surface area contributed by atoms with Gasteiger partial charge < -0.3 is 10.4 Å². The summed E-state index contributed by atoms with van der Waals surface area (Å²) in [7, 11) is 0. The highest BCUT2D eigenvalue weighted by atomic mass is 35.5. The number of rotatable bonds is 2. The van der Waals surface area contributed by atoms with Crippen molar-refractivity contribution in [3.8, 4) is 11.8 Å². The maximum absolute atomic E-state index is 12.2. The molecule has 0 aliphatic heterocycles. The summed E-state index contributed by atoms with van der Waals surface area (Å²) in [5.41, 5.74) is 1.09. The monoisotopic (exact) mass is 325 g/mol. The minimum Gasteiger partial charge on any atom is -0.384 e. The SMILES string of the molecule is O=C(Nc1cc(Cl)cc(Cl)c1)c1sccc1C#CCO. The molecule has 2 N–H and O–H groups in total. The van der Waals surface area contributed by atoms with Gasteiger partial charge in [-0.2, -0.15) is 0 Å². The minimum absolute atomic E-state index is 0.249. The van der Waals surface area contributed by atoms with Gasteiger partial charge in [-0.3, -0.25) is 4.79 Å². The van der Waals surface area contributed by atoms with Crippen molar-refractivity contribution in [2.45, 2.75) is 0 Å². The van der Waals surface area contributed by atoms with Crippen LogP contribution in [0.25, 0.3) is 0 Å². The standard InChI is InChI=1S/C14H9Cl2NO2S/c15-10-6-11(16)8-12(7-10)17-14(19)13-9(2-1-4-18)3-5-20-13/h3,5-8,18H,4H2,(H,17,19). The van der Waals surface area contributed by atoms with Crippen LogP contribution in [-0.2, 0) is 0 Å². The number of carbonyl (C=O) groups is 1. The Morgan fingerprint density at radius 3 is 2.65 bits per heavy atom. The summed E-state index contributed by atoms with van der Waals surface area (Å²) in [5.74, 6) is 4.96. The van der Waals surface area contributed by atoms with Crippen LogP contribution in [0.15, 0.2) is 29.6 Å². The van der Waals surface area contributed by atoms with Crippen LogP contribution in [0.4, 0.5) is 5.69 Å². The van der Waals surface area contributed by atoms with E-state index in [1.54, 1.807) is 29.6 Å². The summed E-state index contributed by atoms with van der Waals surface area (Å²) in [6.45, 7) is -0.249. The van der Waals surface area contributed by atoms with E-state index in [2.05, 4.69) is 17.2 Å². The lowest BCUT2D eigenvalue weighted by molar-refractivity contribution is 0.103. The van der Waals surface area contributed by atoms with E-state index in [9.17, 15) is 4.79 Å². The number of benzene rings is 1. The van der Waals surface area contributed by atoms with E-state index in [-0.39, 0.29) is 12.5 Å². The molecule has 0 aliphatic rings. The second kappa shape index (κ2) is 6.78. The van der Waals surface area contributed by atoms with Crippen LogP contribution in [-0.4, -0.2) is 17.6 Å². The highest BCUT2D eigenvalue weighted by molar-refractivity contribution is 7.12. The quantitative estimate of drug-likeness (QED) is 0.828. The van der Waals surface area contributed by atoms with Gasteiger partial charge in [-0.05, 0) is 29.6 Å². The molecule has 0 unspecified atom stereocenters. The van der Waals surface area contributed by atoms with Gasteiger partial charge in [0.25, 0.3) is 5.91 Å². The lowest BCUT2D eigenvalue weighted by Crippen LogP contribution is -2.11. The largest absolute Gasteiger partial charge is 0.384 e. The zero-order chi connectivity index (χ0) is 14.5. The summed E-state index contributed by atoms with van der Waals surface area (Å²) in [5, 5.41) is 14.1. The predicted octanol–water partition coefficient (Wildman–Crippen LogP) is 3.65. The van der Waals surface area contributed by atoms with Gasteiger partial charge in [0.1, 0.15) is 11.5 Å². The molecule has 0 bridgehead atoms. The molecule has 1 heterocycles. The predicted molar refractivity (Wildman–Crippen MR) is 82.7 cm³/mol. The normalized spacial score (nSPS) is 9.75. The van der Waals surface area contributed by atoms with Gasteiger partial charge in [0.05, 0.1) is 0 Å². The Labute approximate surface area is 130 Å². The number of aliphatic hydroxyl groups excluding tert-OH is 1. The first-order valence-electron chi connectivity index (χ1n) is 5.55. The Morgan fingerprint density at radius 1 is 1.30 bits per heavy atom. The van der Waals surface area contributed by atoms with Crippen molar-refractivity contribution in [2.75, 3.05) is 11.9 Å². The zero-order valence-electron chi connectivity index (χ0n) is 10.1. The van der Waals surface area contributed by atoms with Crippen molar-refractivity contribution < 1.29 is 9.90 Å². The molecule has 102 valence electrons. The Morgan fingerprint density at radius 2 is 2.00 bits per heavy atom. The van der Waals surface area contributed by atoms with E-state index < -0.39 is 0 Å². The smallest absolute Gasteiger partial charge is 0.267 e. The first kappa shape index (κ1) is 14.9. The third-order valence-electron chi connectivity index (χ3n) is 2.29. The van der Waals surface area contributed by atoms with Gasteiger partial charge in [0.15, 0.2) is 0 Å². The lowest BCUT2D eigenvalue weighted by atomic mass is 10.2. The Hall–Kier alpha value is -1.51. The van der Waals surface area contributed by atoms with Gasteiger partial charge in [0.2, 0.25) is 0 Å². The first-order valence-corrected chi connectivity index (χ1v) is 7.18. The van der Waals surface area contributed by atoms with Gasteiger partial charge in [-0.1, -0.05) is 35.0 Å². The Kier molecular flexibility index (Phi) is 5.05. The van der Waals surface area contributed by atoms with Crippen molar-refractivity contribution in [3.05, 3.63) is 50.1 Å². The van der Waals surface area contributed by atoms with Crippen molar-refractivity contribution in [2.24, 2.45) is 0 Å². The number of anilines is 1. The van der Waals surface area contributed by atoms with Crippen LogP contribution >= 0.6 is 34.5 Å². The molecule has 2 aromatic rings. The topological polar surface area (TPSA) is 49.3 Å². The fourth-order valence-corrected chi connectivity index (χ4v) is 2.80. The van der Waals surface area contributed by atoms with Crippen LogP contribution in [0.1, 0.15) is 15.2 Å². The summed E-state index contributed by atoms with van der Waals surface area (Å²) in [6.07, 6.45) is 0. The third-order valence-corrected chi connectivity index (χ3v) is 3.64. The van der Waals surface area contributed by atoms with Crippen LogP contribution < -0.4 is 5.32 Å². The van der Waals surface area contributed by atoms with E-state index >= 15 is 0 Å². The average Bonchev–Trinajstić information content (AvgIpc) is 2.83. The van der Waals surface area contributed by atoms with Crippen molar-refractivity contribution in [1.29, 1.82) is 0 Å². The maximum atomic E-state index is 12.2. The molecule has 0 spiro atoms. The number of thiophene rings is 1. The van der Waals surface area contributed by atoms with Crippen LogP contribution in [0.2, 0.25) is 10.0 Å². The summed E-state index contributed by atoms with van der Waals surface area (Å²) < 4.78 is 0. The highest BCUT2D eigenvalue weighted by Gasteiger charge is 2.12. The van der Waals surface area contributed by atoms with Crippen LogP contribution in [0, 0.1) is 11.8 Å². The maximum Gasteiger partial charge on any atom is 0.267 e. The average molecular weight is 326 g/mol. The first-order chi connectivity index (χ1) is 9.60. The Bertz CT molecular complexity index is 680. The van der Waals surface area contributed by atoms with E-state index in [0.717, 1.165) is 0 Å². The van der Waals surface area contributed by atoms with Gasteiger partial charge in [-0.15, -0.1) is 11.3 Å². The van der Waals surface area contributed by atoms with Crippen LogP contribution in [0.5, 0.6) is 0 Å². The molecule has 1 aromatic heterocycles. The highest BCUT2D eigenvalue weighted by Crippen LogP contribution is 2.24. The van der Waals surface area contributed by atoms with E-state index in [4.69, 9.17) is 28.3 Å². The molecule has 0 fully saturated rings. The second-order valence-corrected chi connectivity index (χ2v) is 5.52. The van der Waals surface area contributed by atoms with Gasteiger partial charge in [-0.25, -0.2) is 0 Å². The van der Waals surface area contributed by atoms with E-state index in [0.29, 0.717) is 26.2 Å². The number of nitrogens with one attached hydrogen (secondary N) is 1. The van der Waals surface area contributed by atoms with Crippen molar-refractivity contribution >= 4 is 46.1 Å². The molecule has 0 radical (unpaired) electrons. The fraction of sp³-hybridized carbons (Fsp3) is 0.0714. The van der Waals surface area contributed by atoms with Gasteiger partial charge >= 0.3 is 0 Å². The second-order valence-electron chi connectivity index (χ2n) is 3.74. The Balaban J connectivity index is 2.22. The molecular formula is C14H9Cl2NO2S. The number of aliphatic hydroxyl groups is 1. The molecule has 0 saturated heterocycles. The van der Waals surface area contributed by atoms with Crippen molar-refractivity contribution in [1.82, 2.24) is 0 Å². The zero-order valence-corrected chi connectivity index (χ0v) is 12.4. The molecule has 0 atom stereocenters. The molecule has 3 nitrogen and oxygen atoms in total. The van der Waals surface area contributed by atoms with Crippen molar-refractivity contribution in [3.63, 3.8) is 0 Å². The van der Waals surface area contributed by atoms with E-state index in [1.165, 1.54) is 11.3 Å². The summed E-state index contributed by atoms with van der Waals surface area (Å²) >= 11 is 13.0. The number of carbonyl (C=O) groups excluding carboxylic acids is 1. The number of hydrogen-bond acceptors (Lipinski definition) is 3. The fourth-order valence-electron chi connectivity index (χ4n) is 1.53. The van der Waals surface area contributed by atoms with Gasteiger partial charge in [0, 0.05) is 21.3 Å². The van der Waals surface area contributed by atoms with Crippen LogP contribution in [0.3, 0.4) is 0 Å². The van der Waals surface area contributed by atoms with E-state index in [1.807, 2.05) is 0 Å².